The van der Waals surface area contributed by atoms with Crippen LogP contribution in [0.15, 0.2) is 58.1 Å². The van der Waals surface area contributed by atoms with Crippen molar-refractivity contribution in [2.75, 3.05) is 6.54 Å². The van der Waals surface area contributed by atoms with Gasteiger partial charge in [0, 0.05) is 18.9 Å². The van der Waals surface area contributed by atoms with Crippen LogP contribution in [0.5, 0.6) is 0 Å². The van der Waals surface area contributed by atoms with Crippen molar-refractivity contribution in [1.82, 2.24) is 19.5 Å². The average molecular weight is 424 g/mol. The molecule has 0 spiro atoms. The van der Waals surface area contributed by atoms with E-state index >= 15 is 0 Å². The van der Waals surface area contributed by atoms with Crippen molar-refractivity contribution < 1.29 is 26.0 Å². The minimum absolute atomic E-state index is 0.0944. The summed E-state index contributed by atoms with van der Waals surface area (Å²) in [4.78, 5) is 3.54. The van der Waals surface area contributed by atoms with Gasteiger partial charge in [0.15, 0.2) is 0 Å². The third-order valence-corrected chi connectivity index (χ3v) is 6.51. The molecular weight excluding hydrogens is 409 g/mol. The van der Waals surface area contributed by atoms with Crippen LogP contribution in [0.3, 0.4) is 0 Å². The molecule has 1 aromatic carbocycles. The molecule has 7 nitrogen and oxygen atoms in total. The highest BCUT2D eigenvalue weighted by Crippen LogP contribution is 2.38. The Bertz CT molecular complexity index is 1120. The lowest BCUT2D eigenvalue weighted by Crippen LogP contribution is -2.31. The number of halogens is 3. The van der Waals surface area contributed by atoms with E-state index in [1.165, 1.54) is 6.20 Å². The zero-order valence-corrected chi connectivity index (χ0v) is 15.7. The Hall–Kier alpha value is -2.79. The zero-order valence-electron chi connectivity index (χ0n) is 14.9. The fraction of sp³-hybridized carbons (Fsp3) is 0.278. The molecule has 0 saturated carbocycles. The van der Waals surface area contributed by atoms with Crippen LogP contribution in [0, 0.1) is 0 Å². The number of alkyl halides is 3. The zero-order chi connectivity index (χ0) is 20.6. The maximum absolute atomic E-state index is 13.0. The molecule has 152 valence electrons. The summed E-state index contributed by atoms with van der Waals surface area (Å²) >= 11 is 0. The number of sulfonamides is 1. The minimum Gasteiger partial charge on any atom is -0.419 e. The molecule has 0 radical (unpaired) electrons. The van der Waals surface area contributed by atoms with Crippen LogP contribution in [-0.4, -0.2) is 34.4 Å². The van der Waals surface area contributed by atoms with Gasteiger partial charge >= 0.3 is 6.18 Å². The average Bonchev–Trinajstić information content (AvgIpc) is 3.38. The molecule has 0 unspecified atom stereocenters. The third kappa shape index (κ3) is 3.75. The second kappa shape index (κ2) is 7.23. The molecule has 0 aliphatic carbocycles. The highest BCUT2D eigenvalue weighted by Gasteiger charge is 2.40. The topological polar surface area (TPSA) is 89.2 Å². The summed E-state index contributed by atoms with van der Waals surface area (Å²) in [5, 5.41) is 7.90. The van der Waals surface area contributed by atoms with E-state index in [-0.39, 0.29) is 18.3 Å². The van der Waals surface area contributed by atoms with Gasteiger partial charge in [-0.1, -0.05) is 6.07 Å². The van der Waals surface area contributed by atoms with Crippen LogP contribution in [0.25, 0.3) is 11.5 Å². The summed E-state index contributed by atoms with van der Waals surface area (Å²) < 4.78 is 71.8. The highest BCUT2D eigenvalue weighted by molar-refractivity contribution is 7.89. The summed E-state index contributed by atoms with van der Waals surface area (Å²) in [6, 6.07) is 6.36. The van der Waals surface area contributed by atoms with Gasteiger partial charge in [-0.2, -0.15) is 17.5 Å². The number of hydrogen-bond acceptors (Lipinski definition) is 6. The molecule has 11 heteroatoms. The highest BCUT2D eigenvalue weighted by atomic mass is 32.2. The first-order valence-corrected chi connectivity index (χ1v) is 10.1. The Morgan fingerprint density at radius 1 is 1.14 bits per heavy atom. The fourth-order valence-electron chi connectivity index (χ4n) is 3.22. The Balaban J connectivity index is 1.66. The number of aromatic nitrogens is 3. The van der Waals surface area contributed by atoms with Gasteiger partial charge in [-0.05, 0) is 43.2 Å². The molecule has 1 saturated heterocycles. The van der Waals surface area contributed by atoms with E-state index in [0.29, 0.717) is 24.5 Å². The number of rotatable bonds is 4. The first-order valence-electron chi connectivity index (χ1n) is 8.70. The Labute approximate surface area is 164 Å². The molecule has 1 fully saturated rings. The van der Waals surface area contributed by atoms with E-state index in [1.807, 2.05) is 0 Å². The minimum atomic E-state index is -4.64. The molecule has 1 aliphatic heterocycles. The Kier molecular flexibility index (Phi) is 4.87. The van der Waals surface area contributed by atoms with Crippen molar-refractivity contribution in [1.29, 1.82) is 0 Å². The molecular formula is C18H15F3N4O3S. The standard InChI is InChI=1S/C18H15F3N4O3S/c19-18(20,21)13-5-1-6-14(10-13)29(26,27)25-9-3-7-15(25)17-24-23-16(28-17)12-4-2-8-22-11-12/h1-2,4-6,8,10-11,15H,3,7,9H2/t15-/m0/s1. The van der Waals surface area contributed by atoms with E-state index in [4.69, 9.17) is 4.42 Å². The SMILES string of the molecule is O=S(=O)(c1cccc(C(F)(F)F)c1)N1CCC[C@H]1c1nnc(-c2cccnc2)o1. The molecule has 3 heterocycles. The van der Waals surface area contributed by atoms with Gasteiger partial charge in [0.1, 0.15) is 6.04 Å². The first-order chi connectivity index (χ1) is 13.8. The largest absolute Gasteiger partial charge is 0.419 e. The molecule has 29 heavy (non-hydrogen) atoms. The number of benzene rings is 1. The van der Waals surface area contributed by atoms with Gasteiger partial charge < -0.3 is 4.42 Å². The quantitative estimate of drug-likeness (QED) is 0.635. The molecule has 3 aromatic rings. The van der Waals surface area contributed by atoms with Crippen LogP contribution in [0.1, 0.15) is 30.3 Å². The lowest BCUT2D eigenvalue weighted by atomic mass is 10.2. The summed E-state index contributed by atoms with van der Waals surface area (Å²) in [7, 11) is -4.18. The van der Waals surface area contributed by atoms with Crippen molar-refractivity contribution in [3.05, 3.63) is 60.2 Å². The molecule has 1 atom stereocenters. The van der Waals surface area contributed by atoms with E-state index in [9.17, 15) is 21.6 Å². The second-order valence-electron chi connectivity index (χ2n) is 6.49. The van der Waals surface area contributed by atoms with Crippen molar-refractivity contribution >= 4 is 10.0 Å². The monoisotopic (exact) mass is 424 g/mol. The van der Waals surface area contributed by atoms with E-state index < -0.39 is 32.7 Å². The lowest BCUT2D eigenvalue weighted by Gasteiger charge is -2.22. The molecule has 2 aromatic heterocycles. The first kappa shape index (κ1) is 19.5. The normalized spacial score (nSPS) is 18.2. The van der Waals surface area contributed by atoms with Gasteiger partial charge in [0.05, 0.1) is 16.0 Å². The number of pyridine rings is 1. The predicted molar refractivity (Wildman–Crippen MR) is 94.8 cm³/mol. The van der Waals surface area contributed by atoms with Crippen LogP contribution in [0.2, 0.25) is 0 Å². The predicted octanol–water partition coefficient (Wildman–Crippen LogP) is 3.68. The Morgan fingerprint density at radius 3 is 2.69 bits per heavy atom. The van der Waals surface area contributed by atoms with Crippen molar-refractivity contribution in [2.24, 2.45) is 0 Å². The smallest absolute Gasteiger partial charge is 0.416 e. The molecule has 4 rings (SSSR count). The van der Waals surface area contributed by atoms with Gasteiger partial charge in [-0.15, -0.1) is 10.2 Å². The molecule has 0 bridgehead atoms. The third-order valence-electron chi connectivity index (χ3n) is 4.61. The van der Waals surface area contributed by atoms with Gasteiger partial charge in [0.2, 0.25) is 21.8 Å². The maximum Gasteiger partial charge on any atom is 0.416 e. The van der Waals surface area contributed by atoms with Crippen LogP contribution >= 0.6 is 0 Å². The maximum atomic E-state index is 13.0. The Morgan fingerprint density at radius 2 is 1.97 bits per heavy atom. The second-order valence-corrected chi connectivity index (χ2v) is 8.38. The lowest BCUT2D eigenvalue weighted by molar-refractivity contribution is -0.137. The summed E-state index contributed by atoms with van der Waals surface area (Å²) in [6.45, 7) is 0.147. The van der Waals surface area contributed by atoms with E-state index in [0.717, 1.165) is 22.5 Å². The van der Waals surface area contributed by atoms with E-state index in [1.54, 1.807) is 18.3 Å². The summed E-state index contributed by atoms with van der Waals surface area (Å²) in [5.41, 5.74) is -0.442. The molecule has 0 amide bonds. The van der Waals surface area contributed by atoms with Crippen LogP contribution in [0.4, 0.5) is 13.2 Å². The summed E-state index contributed by atoms with van der Waals surface area (Å²) in [5.74, 6) is 0.285. The van der Waals surface area contributed by atoms with Crippen LogP contribution < -0.4 is 0 Å². The van der Waals surface area contributed by atoms with Gasteiger partial charge in [-0.25, -0.2) is 8.42 Å². The van der Waals surface area contributed by atoms with Gasteiger partial charge in [0.25, 0.3) is 0 Å². The number of hydrogen-bond donors (Lipinski definition) is 0. The van der Waals surface area contributed by atoms with Crippen molar-refractivity contribution in [2.45, 2.75) is 30.0 Å². The van der Waals surface area contributed by atoms with Crippen molar-refractivity contribution in [3.8, 4) is 11.5 Å². The van der Waals surface area contributed by atoms with Crippen LogP contribution in [-0.2, 0) is 16.2 Å². The van der Waals surface area contributed by atoms with Gasteiger partial charge in [-0.3, -0.25) is 4.98 Å². The fourth-order valence-corrected chi connectivity index (χ4v) is 4.92. The number of nitrogens with zero attached hydrogens (tertiary/aromatic N) is 4. The van der Waals surface area contributed by atoms with Crippen molar-refractivity contribution in [3.63, 3.8) is 0 Å². The summed E-state index contributed by atoms with van der Waals surface area (Å²) in [6.07, 6.45) is -0.578. The molecule has 0 N–H and O–H groups in total. The van der Waals surface area contributed by atoms with E-state index in [2.05, 4.69) is 15.2 Å². The molecule has 1 aliphatic rings.